The van der Waals surface area contributed by atoms with Gasteiger partial charge in [0.1, 0.15) is 0 Å². The minimum atomic E-state index is 0. The van der Waals surface area contributed by atoms with Gasteiger partial charge in [0.25, 0.3) is 0 Å². The molecule has 1 heterocycles. The minimum absolute atomic E-state index is 0. The molecule has 0 radical (unpaired) electrons. The summed E-state index contributed by atoms with van der Waals surface area (Å²) in [4.78, 5) is 3.86. The zero-order valence-electron chi connectivity index (χ0n) is 5.45. The molecule has 3 N–H and O–H groups in total. The smallest absolute Gasteiger partial charge is 0.0349 e. The molecule has 4 heteroatoms. The predicted octanol–water partition coefficient (Wildman–Crippen LogP) is 0.0424. The zero-order valence-corrected chi connectivity index (χ0v) is 7.46. The van der Waals surface area contributed by atoms with Gasteiger partial charge in [0.2, 0.25) is 0 Å². The number of hydrazine groups is 1. The summed E-state index contributed by atoms with van der Waals surface area (Å²) >= 11 is 0. The van der Waals surface area contributed by atoms with Gasteiger partial charge in [0.15, 0.2) is 0 Å². The Kier molecular flexibility index (Phi) is 5.40. The van der Waals surface area contributed by atoms with E-state index in [0.29, 0.717) is 6.54 Å². The summed E-state index contributed by atoms with van der Waals surface area (Å²) in [6.45, 7) is 0.697. The second-order valence-electron chi connectivity index (χ2n) is 1.74. The fourth-order valence-electron chi connectivity index (χ4n) is 0.618. The second kappa shape index (κ2) is 5.54. The second-order valence-corrected chi connectivity index (χ2v) is 1.74. The molecule has 3 nitrogen and oxygen atoms in total. The molecule has 0 aliphatic heterocycles. The van der Waals surface area contributed by atoms with E-state index < -0.39 is 0 Å². The summed E-state index contributed by atoms with van der Waals surface area (Å²) in [6, 6.07) is 3.83. The van der Waals surface area contributed by atoms with Gasteiger partial charge in [-0.05, 0) is 17.7 Å². The number of pyridine rings is 1. The third-order valence-electron chi connectivity index (χ3n) is 1.06. The fraction of sp³-hybridized carbons (Fsp3) is 0.167. The Labute approximate surface area is 74.3 Å². The van der Waals surface area contributed by atoms with Gasteiger partial charge in [-0.15, -0.1) is 0 Å². The van der Waals surface area contributed by atoms with Crippen molar-refractivity contribution in [1.82, 2.24) is 10.4 Å². The molecule has 10 heavy (non-hydrogen) atoms. The van der Waals surface area contributed by atoms with Crippen LogP contribution in [0.3, 0.4) is 0 Å². The number of nitrogens with zero attached hydrogens (tertiary/aromatic N) is 1. The van der Waals surface area contributed by atoms with Crippen LogP contribution in [0.25, 0.3) is 0 Å². The van der Waals surface area contributed by atoms with E-state index in [1.165, 1.54) is 0 Å². The standard InChI is InChI=1S/C6H9N3.Mo/c7-9-5-6-1-3-8-4-2-6;/h1-4,9H,5,7H2;. The summed E-state index contributed by atoms with van der Waals surface area (Å²) in [5.41, 5.74) is 3.70. The van der Waals surface area contributed by atoms with Crippen molar-refractivity contribution in [3.63, 3.8) is 0 Å². The molecule has 1 aromatic rings. The molecule has 0 saturated carbocycles. The first-order valence-electron chi connectivity index (χ1n) is 2.76. The molecular formula is C6H9MoN3. The van der Waals surface area contributed by atoms with E-state index in [1.807, 2.05) is 12.1 Å². The first-order valence-corrected chi connectivity index (χ1v) is 2.76. The van der Waals surface area contributed by atoms with Crippen LogP contribution in [0.1, 0.15) is 5.56 Å². The number of nitrogens with one attached hydrogen (secondary N) is 1. The molecule has 0 fully saturated rings. The maximum absolute atomic E-state index is 5.09. The van der Waals surface area contributed by atoms with Gasteiger partial charge in [-0.1, -0.05) is 0 Å². The van der Waals surface area contributed by atoms with Gasteiger partial charge in [-0.3, -0.25) is 16.3 Å². The summed E-state index contributed by atoms with van der Waals surface area (Å²) < 4.78 is 0. The van der Waals surface area contributed by atoms with Crippen LogP contribution in [0.5, 0.6) is 0 Å². The topological polar surface area (TPSA) is 50.9 Å². The number of nitrogens with two attached hydrogens (primary N) is 1. The van der Waals surface area contributed by atoms with Crippen molar-refractivity contribution in [2.45, 2.75) is 6.54 Å². The van der Waals surface area contributed by atoms with Crippen molar-refractivity contribution in [1.29, 1.82) is 0 Å². The van der Waals surface area contributed by atoms with Crippen LogP contribution in [0.4, 0.5) is 0 Å². The van der Waals surface area contributed by atoms with Crippen LogP contribution in [-0.2, 0) is 27.6 Å². The van der Waals surface area contributed by atoms with Gasteiger partial charge >= 0.3 is 0 Å². The van der Waals surface area contributed by atoms with Crippen molar-refractivity contribution < 1.29 is 21.1 Å². The Balaban J connectivity index is 0.000000810. The zero-order chi connectivity index (χ0) is 6.53. The molecule has 0 aliphatic carbocycles. The summed E-state index contributed by atoms with van der Waals surface area (Å²) in [7, 11) is 0. The molecule has 0 bridgehead atoms. The fourth-order valence-corrected chi connectivity index (χ4v) is 0.618. The van der Waals surface area contributed by atoms with E-state index >= 15 is 0 Å². The predicted molar refractivity (Wildman–Crippen MR) is 35.3 cm³/mol. The van der Waals surface area contributed by atoms with Crippen LogP contribution >= 0.6 is 0 Å². The maximum atomic E-state index is 5.09. The van der Waals surface area contributed by atoms with Crippen LogP contribution in [-0.4, -0.2) is 4.98 Å². The Morgan fingerprint density at radius 2 is 2.00 bits per heavy atom. The Bertz CT molecular complexity index is 166. The van der Waals surface area contributed by atoms with Crippen LogP contribution < -0.4 is 11.3 Å². The molecule has 0 aromatic carbocycles. The minimum Gasteiger partial charge on any atom is -0.271 e. The average molecular weight is 219 g/mol. The van der Waals surface area contributed by atoms with Gasteiger partial charge in [0.05, 0.1) is 0 Å². The number of hydrogen-bond donors (Lipinski definition) is 2. The van der Waals surface area contributed by atoms with E-state index in [4.69, 9.17) is 5.84 Å². The Hall–Kier alpha value is -0.242. The molecule has 0 spiro atoms. The normalized spacial score (nSPS) is 8.50. The van der Waals surface area contributed by atoms with Crippen molar-refractivity contribution in [3.05, 3.63) is 30.1 Å². The summed E-state index contributed by atoms with van der Waals surface area (Å²) in [6.07, 6.45) is 3.49. The third-order valence-corrected chi connectivity index (χ3v) is 1.06. The maximum Gasteiger partial charge on any atom is 0.0349 e. The van der Waals surface area contributed by atoms with E-state index in [2.05, 4.69) is 10.4 Å². The van der Waals surface area contributed by atoms with Crippen LogP contribution in [0.15, 0.2) is 24.5 Å². The average Bonchev–Trinajstić information content (AvgIpc) is 1.91. The number of aromatic nitrogens is 1. The van der Waals surface area contributed by atoms with Crippen molar-refractivity contribution >= 4 is 0 Å². The SMILES string of the molecule is NNCc1ccncc1.[Mo]. The van der Waals surface area contributed by atoms with Crippen molar-refractivity contribution in [2.75, 3.05) is 0 Å². The number of rotatable bonds is 2. The summed E-state index contributed by atoms with van der Waals surface area (Å²) in [5, 5.41) is 0. The first-order chi connectivity index (χ1) is 4.43. The van der Waals surface area contributed by atoms with E-state index in [-0.39, 0.29) is 21.1 Å². The quantitative estimate of drug-likeness (QED) is 0.419. The van der Waals surface area contributed by atoms with Crippen LogP contribution in [0, 0.1) is 0 Å². The molecule has 0 saturated heterocycles. The van der Waals surface area contributed by atoms with Crippen LogP contribution in [0.2, 0.25) is 0 Å². The molecule has 1 aromatic heterocycles. The molecule has 1 rings (SSSR count). The first kappa shape index (κ1) is 9.76. The van der Waals surface area contributed by atoms with Gasteiger partial charge < -0.3 is 0 Å². The molecule has 54 valence electrons. The van der Waals surface area contributed by atoms with Crippen molar-refractivity contribution in [3.8, 4) is 0 Å². The van der Waals surface area contributed by atoms with Gasteiger partial charge in [0, 0.05) is 40.0 Å². The monoisotopic (exact) mass is 221 g/mol. The largest absolute Gasteiger partial charge is 0.271 e. The Morgan fingerprint density at radius 3 is 2.50 bits per heavy atom. The van der Waals surface area contributed by atoms with Gasteiger partial charge in [-0.2, -0.15) is 0 Å². The molecule has 0 aliphatic rings. The van der Waals surface area contributed by atoms with E-state index in [1.54, 1.807) is 12.4 Å². The van der Waals surface area contributed by atoms with E-state index in [9.17, 15) is 0 Å². The molecule has 0 unspecified atom stereocenters. The molecule has 0 amide bonds. The Morgan fingerprint density at radius 1 is 1.40 bits per heavy atom. The molecule has 0 atom stereocenters. The third kappa shape index (κ3) is 3.06. The van der Waals surface area contributed by atoms with Crippen molar-refractivity contribution in [2.24, 2.45) is 5.84 Å². The summed E-state index contributed by atoms with van der Waals surface area (Å²) in [5.74, 6) is 5.09. The molecular weight excluding hydrogens is 210 g/mol. The number of hydrogen-bond acceptors (Lipinski definition) is 3. The van der Waals surface area contributed by atoms with Gasteiger partial charge in [-0.25, -0.2) is 0 Å². The van der Waals surface area contributed by atoms with E-state index in [0.717, 1.165) is 5.56 Å².